The van der Waals surface area contributed by atoms with E-state index in [0.29, 0.717) is 13.2 Å². The van der Waals surface area contributed by atoms with E-state index in [0.717, 1.165) is 22.3 Å². The zero-order valence-electron chi connectivity index (χ0n) is 11.3. The fourth-order valence-corrected chi connectivity index (χ4v) is 1.78. The van der Waals surface area contributed by atoms with Crippen LogP contribution in [0, 0.1) is 0 Å². The maximum atomic E-state index is 8.96. The number of benzene rings is 2. The second-order valence-corrected chi connectivity index (χ2v) is 4.53. The minimum atomic E-state index is 0.0693. The number of aliphatic hydroxyl groups is 1. The summed E-state index contributed by atoms with van der Waals surface area (Å²) >= 11 is 0. The summed E-state index contributed by atoms with van der Waals surface area (Å²) in [5.74, 6) is 0. The third-order valence-corrected chi connectivity index (χ3v) is 3.03. The molecule has 2 aromatic rings. The van der Waals surface area contributed by atoms with Crippen molar-refractivity contribution in [3.05, 3.63) is 77.0 Å². The Morgan fingerprint density at radius 1 is 0.900 bits per heavy atom. The number of nitrogens with two attached hydrogens (primary N) is 1. The maximum Gasteiger partial charge on any atom is 0.112 e. The van der Waals surface area contributed by atoms with Crippen molar-refractivity contribution in [1.29, 1.82) is 0 Å². The summed E-state index contributed by atoms with van der Waals surface area (Å²) in [6.07, 6.45) is 3.61. The Morgan fingerprint density at radius 3 is 2.10 bits per heavy atom. The maximum absolute atomic E-state index is 8.96. The zero-order valence-corrected chi connectivity index (χ0v) is 11.3. The summed E-state index contributed by atoms with van der Waals surface area (Å²) in [6.45, 7) is 1.15. The largest absolute Gasteiger partial charge is 0.496 e. The van der Waals surface area contributed by atoms with Crippen LogP contribution in [-0.2, 0) is 24.5 Å². The van der Waals surface area contributed by atoms with Crippen LogP contribution in [0.5, 0.6) is 0 Å². The molecule has 3 heteroatoms. The van der Waals surface area contributed by atoms with E-state index in [1.54, 1.807) is 6.26 Å². The van der Waals surface area contributed by atoms with Gasteiger partial charge in [0.15, 0.2) is 0 Å². The molecule has 0 aliphatic rings. The highest BCUT2D eigenvalue weighted by atomic mass is 16.5. The van der Waals surface area contributed by atoms with E-state index < -0.39 is 0 Å². The van der Waals surface area contributed by atoms with Crippen LogP contribution in [0.3, 0.4) is 0 Å². The van der Waals surface area contributed by atoms with Gasteiger partial charge in [-0.2, -0.15) is 0 Å². The standard InChI is InChI=1S/C17H19NO2/c18-11-15-3-1-14(2-4-15)9-10-20-13-17-7-5-16(12-19)6-8-17/h1-10,19H,11-13,18H2. The van der Waals surface area contributed by atoms with Crippen LogP contribution in [0.4, 0.5) is 0 Å². The average molecular weight is 269 g/mol. The fourth-order valence-electron chi connectivity index (χ4n) is 1.78. The summed E-state index contributed by atoms with van der Waals surface area (Å²) in [7, 11) is 0. The SMILES string of the molecule is NCc1ccc(C=COCc2ccc(CO)cc2)cc1. The first-order valence-electron chi connectivity index (χ1n) is 6.57. The normalized spacial score (nSPS) is 10.9. The number of ether oxygens (including phenoxy) is 1. The van der Waals surface area contributed by atoms with Gasteiger partial charge >= 0.3 is 0 Å². The molecular weight excluding hydrogens is 250 g/mol. The van der Waals surface area contributed by atoms with Gasteiger partial charge in [-0.3, -0.25) is 0 Å². The van der Waals surface area contributed by atoms with Crippen LogP contribution in [0.15, 0.2) is 54.8 Å². The van der Waals surface area contributed by atoms with Crippen LogP contribution in [-0.4, -0.2) is 5.11 Å². The summed E-state index contributed by atoms with van der Waals surface area (Å²) in [5.41, 5.74) is 9.73. The van der Waals surface area contributed by atoms with Gasteiger partial charge in [0.05, 0.1) is 12.9 Å². The first-order chi connectivity index (χ1) is 9.81. The molecular formula is C17H19NO2. The molecule has 0 amide bonds. The Bertz CT molecular complexity index is 544. The van der Waals surface area contributed by atoms with Crippen LogP contribution in [0.1, 0.15) is 22.3 Å². The van der Waals surface area contributed by atoms with Gasteiger partial charge in [-0.25, -0.2) is 0 Å². The van der Waals surface area contributed by atoms with Gasteiger partial charge < -0.3 is 15.6 Å². The highest BCUT2D eigenvalue weighted by Gasteiger charge is 1.93. The number of hydrogen-bond acceptors (Lipinski definition) is 3. The number of aliphatic hydroxyl groups excluding tert-OH is 1. The first-order valence-corrected chi connectivity index (χ1v) is 6.57. The minimum absolute atomic E-state index is 0.0693. The van der Waals surface area contributed by atoms with Crippen molar-refractivity contribution < 1.29 is 9.84 Å². The molecule has 0 bridgehead atoms. The Labute approximate surface area is 119 Å². The average Bonchev–Trinajstić information content (AvgIpc) is 2.53. The van der Waals surface area contributed by atoms with Gasteiger partial charge in [-0.15, -0.1) is 0 Å². The Hall–Kier alpha value is -2.10. The molecule has 0 aliphatic heterocycles. The van der Waals surface area contributed by atoms with E-state index in [-0.39, 0.29) is 6.61 Å². The zero-order chi connectivity index (χ0) is 14.2. The third kappa shape index (κ3) is 4.23. The van der Waals surface area contributed by atoms with Crippen molar-refractivity contribution in [3.63, 3.8) is 0 Å². The molecule has 0 aliphatic carbocycles. The van der Waals surface area contributed by atoms with Crippen molar-refractivity contribution in [2.45, 2.75) is 19.8 Å². The quantitative estimate of drug-likeness (QED) is 0.793. The Morgan fingerprint density at radius 2 is 1.50 bits per heavy atom. The lowest BCUT2D eigenvalue weighted by molar-refractivity contribution is 0.239. The van der Waals surface area contributed by atoms with Gasteiger partial charge in [-0.1, -0.05) is 48.5 Å². The van der Waals surface area contributed by atoms with E-state index in [2.05, 4.69) is 0 Å². The molecule has 2 rings (SSSR count). The molecule has 0 spiro atoms. The van der Waals surface area contributed by atoms with Gasteiger partial charge in [-0.05, 0) is 28.3 Å². The molecule has 0 atom stereocenters. The van der Waals surface area contributed by atoms with Crippen molar-refractivity contribution in [1.82, 2.24) is 0 Å². The van der Waals surface area contributed by atoms with E-state index in [1.807, 2.05) is 54.6 Å². The summed E-state index contributed by atoms with van der Waals surface area (Å²) in [4.78, 5) is 0. The van der Waals surface area contributed by atoms with Crippen molar-refractivity contribution in [3.8, 4) is 0 Å². The molecule has 3 nitrogen and oxygen atoms in total. The molecule has 0 aromatic heterocycles. The molecule has 0 heterocycles. The van der Waals surface area contributed by atoms with Crippen LogP contribution in [0.25, 0.3) is 6.08 Å². The summed E-state index contributed by atoms with van der Waals surface area (Å²) in [5, 5.41) is 8.96. The summed E-state index contributed by atoms with van der Waals surface area (Å²) < 4.78 is 5.49. The highest BCUT2D eigenvalue weighted by Crippen LogP contribution is 2.08. The molecule has 0 unspecified atom stereocenters. The van der Waals surface area contributed by atoms with Gasteiger partial charge in [0.2, 0.25) is 0 Å². The lowest BCUT2D eigenvalue weighted by Crippen LogP contribution is -1.95. The predicted molar refractivity (Wildman–Crippen MR) is 80.5 cm³/mol. The lowest BCUT2D eigenvalue weighted by atomic mass is 10.1. The molecule has 0 radical (unpaired) electrons. The minimum Gasteiger partial charge on any atom is -0.496 e. The molecule has 104 valence electrons. The van der Waals surface area contributed by atoms with Crippen LogP contribution < -0.4 is 5.73 Å². The number of rotatable bonds is 6. The lowest BCUT2D eigenvalue weighted by Gasteiger charge is -2.02. The smallest absolute Gasteiger partial charge is 0.112 e. The second kappa shape index (κ2) is 7.48. The van der Waals surface area contributed by atoms with Gasteiger partial charge in [0, 0.05) is 6.54 Å². The summed E-state index contributed by atoms with van der Waals surface area (Å²) in [6, 6.07) is 15.7. The predicted octanol–water partition coefficient (Wildman–Crippen LogP) is 2.83. The second-order valence-electron chi connectivity index (χ2n) is 4.53. The van der Waals surface area contributed by atoms with Crippen molar-refractivity contribution >= 4 is 6.08 Å². The third-order valence-electron chi connectivity index (χ3n) is 3.03. The molecule has 2 aromatic carbocycles. The molecule has 3 N–H and O–H groups in total. The van der Waals surface area contributed by atoms with E-state index in [1.165, 1.54) is 0 Å². The first kappa shape index (κ1) is 14.3. The van der Waals surface area contributed by atoms with Crippen molar-refractivity contribution in [2.24, 2.45) is 5.73 Å². The monoisotopic (exact) mass is 269 g/mol. The van der Waals surface area contributed by atoms with E-state index in [9.17, 15) is 0 Å². The molecule has 0 fully saturated rings. The number of hydrogen-bond donors (Lipinski definition) is 2. The van der Waals surface area contributed by atoms with Crippen LogP contribution in [0.2, 0.25) is 0 Å². The molecule has 0 saturated carbocycles. The molecule has 0 saturated heterocycles. The topological polar surface area (TPSA) is 55.5 Å². The Kier molecular flexibility index (Phi) is 5.35. The Balaban J connectivity index is 1.83. The fraction of sp³-hybridized carbons (Fsp3) is 0.176. The molecule has 20 heavy (non-hydrogen) atoms. The van der Waals surface area contributed by atoms with E-state index >= 15 is 0 Å². The van der Waals surface area contributed by atoms with Gasteiger partial charge in [0.1, 0.15) is 6.61 Å². The van der Waals surface area contributed by atoms with E-state index in [4.69, 9.17) is 15.6 Å². The van der Waals surface area contributed by atoms with Crippen LogP contribution >= 0.6 is 0 Å². The van der Waals surface area contributed by atoms with Crippen molar-refractivity contribution in [2.75, 3.05) is 0 Å². The van der Waals surface area contributed by atoms with Gasteiger partial charge in [0.25, 0.3) is 0 Å². The highest BCUT2D eigenvalue weighted by molar-refractivity contribution is 5.48.